The van der Waals surface area contributed by atoms with Gasteiger partial charge in [-0.3, -0.25) is 9.36 Å². The summed E-state index contributed by atoms with van der Waals surface area (Å²) in [6.07, 6.45) is 2.88. The zero-order valence-electron chi connectivity index (χ0n) is 15.5. The van der Waals surface area contributed by atoms with Crippen molar-refractivity contribution in [3.05, 3.63) is 70.0 Å². The fourth-order valence-corrected chi connectivity index (χ4v) is 3.87. The topological polar surface area (TPSA) is 92.8 Å². The highest BCUT2D eigenvalue weighted by Gasteiger charge is 2.19. The van der Waals surface area contributed by atoms with Crippen LogP contribution in [0.3, 0.4) is 0 Å². The van der Waals surface area contributed by atoms with Gasteiger partial charge in [-0.25, -0.2) is 13.4 Å². The van der Waals surface area contributed by atoms with E-state index in [2.05, 4.69) is 4.98 Å². The van der Waals surface area contributed by atoms with Crippen molar-refractivity contribution < 1.29 is 8.42 Å². The number of thioether (sulfide) groups is 1. The molecule has 0 bridgehead atoms. The number of hydrogen-bond acceptors (Lipinski definition) is 6. The highest BCUT2D eigenvalue weighted by Crippen LogP contribution is 2.25. The summed E-state index contributed by atoms with van der Waals surface area (Å²) < 4.78 is 24.8. The summed E-state index contributed by atoms with van der Waals surface area (Å²) in [5, 5.41) is 9.78. The number of rotatable bonds is 4. The third kappa shape index (κ3) is 3.72. The van der Waals surface area contributed by atoms with Gasteiger partial charge in [0.2, 0.25) is 0 Å². The largest absolute Gasteiger partial charge is 0.277 e. The van der Waals surface area contributed by atoms with Gasteiger partial charge in [0.1, 0.15) is 22.5 Å². The number of hydrogen-bond donors (Lipinski definition) is 0. The van der Waals surface area contributed by atoms with Crippen LogP contribution in [0, 0.1) is 18.3 Å². The number of sulfone groups is 1. The second-order valence-corrected chi connectivity index (χ2v) is 9.01. The molecule has 0 fully saturated rings. The van der Waals surface area contributed by atoms with Crippen LogP contribution < -0.4 is 5.56 Å². The van der Waals surface area contributed by atoms with E-state index in [1.807, 2.05) is 25.1 Å². The first-order valence-corrected chi connectivity index (χ1v) is 11.4. The van der Waals surface area contributed by atoms with Crippen LogP contribution in [0.2, 0.25) is 0 Å². The minimum atomic E-state index is -3.34. The Morgan fingerprint density at radius 1 is 1.07 bits per heavy atom. The summed E-state index contributed by atoms with van der Waals surface area (Å²) in [5.41, 5.74) is 1.70. The summed E-state index contributed by atoms with van der Waals surface area (Å²) in [5.74, 6) is 0.345. The Balaban J connectivity index is 2.33. The SMILES string of the molecule is CSc1nc(-c2ccc(S(C)(=O)=O)cc2)n(-c2ccc(C)cc2)c(=O)c1C#N. The van der Waals surface area contributed by atoms with Gasteiger partial charge in [0.05, 0.1) is 10.6 Å². The van der Waals surface area contributed by atoms with Crippen molar-refractivity contribution in [2.24, 2.45) is 0 Å². The van der Waals surface area contributed by atoms with Gasteiger partial charge in [0.15, 0.2) is 9.84 Å². The van der Waals surface area contributed by atoms with Crippen molar-refractivity contribution in [2.45, 2.75) is 16.8 Å². The van der Waals surface area contributed by atoms with E-state index in [1.54, 1.807) is 30.5 Å². The molecule has 8 heteroatoms. The number of nitriles is 1. The van der Waals surface area contributed by atoms with E-state index < -0.39 is 15.4 Å². The molecule has 3 rings (SSSR count). The fraction of sp³-hybridized carbons (Fsp3) is 0.150. The lowest BCUT2D eigenvalue weighted by molar-refractivity contribution is 0.602. The molecule has 0 saturated carbocycles. The zero-order chi connectivity index (χ0) is 20.5. The third-order valence-electron chi connectivity index (χ3n) is 4.19. The molecule has 0 N–H and O–H groups in total. The number of benzene rings is 2. The molecule has 142 valence electrons. The molecule has 0 radical (unpaired) electrons. The van der Waals surface area contributed by atoms with Gasteiger partial charge in [-0.2, -0.15) is 5.26 Å². The van der Waals surface area contributed by atoms with Gasteiger partial charge in [0, 0.05) is 11.8 Å². The maximum Gasteiger partial charge on any atom is 0.277 e. The number of aromatic nitrogens is 2. The molecule has 1 aromatic heterocycles. The average molecular weight is 412 g/mol. The highest BCUT2D eigenvalue weighted by atomic mass is 32.2. The molecular weight excluding hydrogens is 394 g/mol. The van der Waals surface area contributed by atoms with Crippen LogP contribution in [-0.4, -0.2) is 30.5 Å². The standard InChI is InChI=1S/C20H17N3O3S2/c1-13-4-8-15(9-5-13)23-18(22-19(27-2)17(12-21)20(23)24)14-6-10-16(11-7-14)28(3,25)26/h4-11H,1-3H3. The Hall–Kier alpha value is -2.89. The van der Waals surface area contributed by atoms with Gasteiger partial charge >= 0.3 is 0 Å². The van der Waals surface area contributed by atoms with Crippen molar-refractivity contribution in [3.63, 3.8) is 0 Å². The highest BCUT2D eigenvalue weighted by molar-refractivity contribution is 7.98. The van der Waals surface area contributed by atoms with E-state index in [4.69, 9.17) is 0 Å². The molecule has 0 aliphatic rings. The van der Waals surface area contributed by atoms with E-state index >= 15 is 0 Å². The Morgan fingerprint density at radius 3 is 2.18 bits per heavy atom. The second kappa shape index (κ2) is 7.62. The fourth-order valence-electron chi connectivity index (χ4n) is 2.72. The molecule has 0 unspecified atom stereocenters. The first kappa shape index (κ1) is 19.9. The molecule has 0 spiro atoms. The van der Waals surface area contributed by atoms with Crippen LogP contribution in [0.1, 0.15) is 11.1 Å². The molecule has 0 amide bonds. The minimum absolute atomic E-state index is 0.0235. The first-order chi connectivity index (χ1) is 13.3. The van der Waals surface area contributed by atoms with E-state index in [9.17, 15) is 18.5 Å². The van der Waals surface area contributed by atoms with Crippen LogP contribution >= 0.6 is 11.8 Å². The van der Waals surface area contributed by atoms with Crippen molar-refractivity contribution in [3.8, 4) is 23.1 Å². The minimum Gasteiger partial charge on any atom is -0.267 e. The second-order valence-electron chi connectivity index (χ2n) is 6.20. The van der Waals surface area contributed by atoms with Gasteiger partial charge < -0.3 is 0 Å². The summed E-state index contributed by atoms with van der Waals surface area (Å²) in [6, 6.07) is 15.4. The van der Waals surface area contributed by atoms with Gasteiger partial charge in [-0.15, -0.1) is 11.8 Å². The van der Waals surface area contributed by atoms with E-state index in [-0.39, 0.29) is 10.5 Å². The van der Waals surface area contributed by atoms with Crippen molar-refractivity contribution in [1.82, 2.24) is 9.55 Å². The molecule has 0 aliphatic heterocycles. The van der Waals surface area contributed by atoms with Gasteiger partial charge in [-0.05, 0) is 49.6 Å². The van der Waals surface area contributed by atoms with Crippen LogP contribution in [0.15, 0.2) is 63.2 Å². The summed E-state index contributed by atoms with van der Waals surface area (Å²) in [4.78, 5) is 17.8. The van der Waals surface area contributed by atoms with Gasteiger partial charge in [0.25, 0.3) is 5.56 Å². The number of aryl methyl sites for hydroxylation is 1. The van der Waals surface area contributed by atoms with Crippen LogP contribution in [0.4, 0.5) is 0 Å². The monoisotopic (exact) mass is 411 g/mol. The Labute approximate surface area is 167 Å². The van der Waals surface area contributed by atoms with Crippen LogP contribution in [-0.2, 0) is 9.84 Å². The summed E-state index contributed by atoms with van der Waals surface area (Å²) in [7, 11) is -3.34. The molecule has 1 heterocycles. The predicted molar refractivity (Wildman–Crippen MR) is 110 cm³/mol. The molecule has 0 atom stereocenters. The van der Waals surface area contributed by atoms with E-state index in [1.165, 1.54) is 28.5 Å². The van der Waals surface area contributed by atoms with Crippen LogP contribution in [0.5, 0.6) is 0 Å². The van der Waals surface area contributed by atoms with E-state index in [0.717, 1.165) is 11.8 Å². The third-order valence-corrected chi connectivity index (χ3v) is 6.00. The predicted octanol–water partition coefficient (Wildman–Crippen LogP) is 3.21. The Morgan fingerprint density at radius 2 is 1.68 bits per heavy atom. The molecule has 0 aliphatic carbocycles. The molecular formula is C20H17N3O3S2. The quantitative estimate of drug-likeness (QED) is 0.483. The maximum atomic E-state index is 13.1. The Bertz CT molecular complexity index is 1240. The lowest BCUT2D eigenvalue weighted by atomic mass is 10.1. The van der Waals surface area contributed by atoms with Crippen molar-refractivity contribution >= 4 is 21.6 Å². The number of nitrogens with zero attached hydrogens (tertiary/aromatic N) is 3. The van der Waals surface area contributed by atoms with E-state index in [0.29, 0.717) is 22.1 Å². The maximum absolute atomic E-state index is 13.1. The molecule has 6 nitrogen and oxygen atoms in total. The summed E-state index contributed by atoms with van der Waals surface area (Å²) in [6.45, 7) is 1.94. The lowest BCUT2D eigenvalue weighted by Gasteiger charge is -2.15. The normalized spacial score (nSPS) is 11.2. The summed E-state index contributed by atoms with van der Waals surface area (Å²) >= 11 is 1.21. The molecule has 0 saturated heterocycles. The molecule has 28 heavy (non-hydrogen) atoms. The average Bonchev–Trinajstić information content (AvgIpc) is 2.67. The first-order valence-electron chi connectivity index (χ1n) is 8.25. The smallest absolute Gasteiger partial charge is 0.267 e. The molecule has 2 aromatic carbocycles. The van der Waals surface area contributed by atoms with Gasteiger partial charge in [-0.1, -0.05) is 17.7 Å². The van der Waals surface area contributed by atoms with Crippen molar-refractivity contribution in [2.75, 3.05) is 12.5 Å². The lowest BCUT2D eigenvalue weighted by Crippen LogP contribution is -2.25. The molecule has 3 aromatic rings. The van der Waals surface area contributed by atoms with Crippen molar-refractivity contribution in [1.29, 1.82) is 5.26 Å². The zero-order valence-corrected chi connectivity index (χ0v) is 17.1. The van der Waals surface area contributed by atoms with Crippen LogP contribution in [0.25, 0.3) is 17.1 Å². The Kier molecular flexibility index (Phi) is 5.40.